The van der Waals surface area contributed by atoms with Crippen molar-refractivity contribution in [2.75, 3.05) is 19.7 Å². The van der Waals surface area contributed by atoms with E-state index in [-0.39, 0.29) is 0 Å². The van der Waals surface area contributed by atoms with Crippen molar-refractivity contribution in [1.29, 1.82) is 0 Å². The van der Waals surface area contributed by atoms with E-state index in [4.69, 9.17) is 4.74 Å². The molecule has 0 amide bonds. The van der Waals surface area contributed by atoms with Gasteiger partial charge in [-0.1, -0.05) is 42.5 Å². The Morgan fingerprint density at radius 2 is 1.94 bits per heavy atom. The molecule has 1 N–H and O–H groups in total. The molecule has 2 heteroatoms. The molecule has 92 valence electrons. The van der Waals surface area contributed by atoms with E-state index in [1.54, 1.807) is 0 Å². The third kappa shape index (κ3) is 2.39. The summed E-state index contributed by atoms with van der Waals surface area (Å²) in [5, 5.41) is 5.73. The molecule has 0 saturated carbocycles. The van der Waals surface area contributed by atoms with Crippen LogP contribution in [-0.4, -0.2) is 19.7 Å². The molecule has 0 atom stereocenters. The Kier molecular flexibility index (Phi) is 3.29. The Bertz CT molecular complexity index is 569. The van der Waals surface area contributed by atoms with Gasteiger partial charge in [-0.25, -0.2) is 0 Å². The maximum atomic E-state index is 5.96. The van der Waals surface area contributed by atoms with Crippen LogP contribution in [0.3, 0.4) is 0 Å². The summed E-state index contributed by atoms with van der Waals surface area (Å²) < 4.78 is 5.96. The second-order valence-electron chi connectivity index (χ2n) is 4.58. The van der Waals surface area contributed by atoms with Gasteiger partial charge >= 0.3 is 0 Å². The molecule has 2 aromatic carbocycles. The molecule has 2 nitrogen and oxygen atoms in total. The van der Waals surface area contributed by atoms with Crippen molar-refractivity contribution in [3.05, 3.63) is 54.1 Å². The second kappa shape index (κ2) is 5.23. The van der Waals surface area contributed by atoms with Gasteiger partial charge in [0.05, 0.1) is 0 Å². The van der Waals surface area contributed by atoms with Crippen LogP contribution in [0, 0.1) is 0 Å². The summed E-state index contributed by atoms with van der Waals surface area (Å²) >= 11 is 0. The third-order valence-electron chi connectivity index (χ3n) is 3.32. The van der Waals surface area contributed by atoms with Gasteiger partial charge in [-0.3, -0.25) is 0 Å². The highest BCUT2D eigenvalue weighted by Gasteiger charge is 2.05. The maximum Gasteiger partial charge on any atom is 0.127 e. The molecule has 0 spiro atoms. The van der Waals surface area contributed by atoms with Crippen LogP contribution in [0.5, 0.6) is 5.75 Å². The highest BCUT2D eigenvalue weighted by atomic mass is 16.5. The quantitative estimate of drug-likeness (QED) is 0.831. The number of ether oxygens (including phenoxy) is 1. The summed E-state index contributed by atoms with van der Waals surface area (Å²) in [5.41, 5.74) is 1.39. The third-order valence-corrected chi connectivity index (χ3v) is 3.32. The SMILES string of the molecule is C1=C(COc2cccc3ccccc23)CCNC1. The van der Waals surface area contributed by atoms with Crippen LogP contribution >= 0.6 is 0 Å². The number of hydrogen-bond acceptors (Lipinski definition) is 2. The number of fused-ring (bicyclic) bond motifs is 1. The lowest BCUT2D eigenvalue weighted by Gasteiger charge is -2.15. The molecular formula is C16H17NO. The van der Waals surface area contributed by atoms with E-state index >= 15 is 0 Å². The Morgan fingerprint density at radius 1 is 1.06 bits per heavy atom. The molecule has 0 aromatic heterocycles. The molecule has 1 aliphatic rings. The summed E-state index contributed by atoms with van der Waals surface area (Å²) in [7, 11) is 0. The fourth-order valence-electron chi connectivity index (χ4n) is 2.29. The Morgan fingerprint density at radius 3 is 2.83 bits per heavy atom. The molecule has 18 heavy (non-hydrogen) atoms. The van der Waals surface area contributed by atoms with Crippen molar-refractivity contribution in [2.45, 2.75) is 6.42 Å². The van der Waals surface area contributed by atoms with Gasteiger partial charge in [-0.05, 0) is 30.0 Å². The highest BCUT2D eigenvalue weighted by molar-refractivity contribution is 5.88. The van der Waals surface area contributed by atoms with Gasteiger partial charge in [0.25, 0.3) is 0 Å². The van der Waals surface area contributed by atoms with Crippen molar-refractivity contribution in [1.82, 2.24) is 5.32 Å². The predicted octanol–water partition coefficient (Wildman–Crippen LogP) is 3.14. The smallest absolute Gasteiger partial charge is 0.127 e. The lowest BCUT2D eigenvalue weighted by Crippen LogP contribution is -2.22. The number of rotatable bonds is 3. The van der Waals surface area contributed by atoms with Gasteiger partial charge in [-0.15, -0.1) is 0 Å². The van der Waals surface area contributed by atoms with Gasteiger partial charge in [0.15, 0.2) is 0 Å². The van der Waals surface area contributed by atoms with Crippen LogP contribution < -0.4 is 10.1 Å². The van der Waals surface area contributed by atoms with Crippen LogP contribution in [0.15, 0.2) is 54.1 Å². The molecular weight excluding hydrogens is 222 g/mol. The van der Waals surface area contributed by atoms with Crippen molar-refractivity contribution in [2.24, 2.45) is 0 Å². The summed E-state index contributed by atoms with van der Waals surface area (Å²) in [6, 6.07) is 14.6. The summed E-state index contributed by atoms with van der Waals surface area (Å²) in [5.74, 6) is 0.979. The highest BCUT2D eigenvalue weighted by Crippen LogP contribution is 2.25. The first-order valence-corrected chi connectivity index (χ1v) is 6.43. The molecule has 0 unspecified atom stereocenters. The summed E-state index contributed by atoms with van der Waals surface area (Å²) in [6.45, 7) is 2.73. The minimum atomic E-state index is 0.704. The van der Waals surface area contributed by atoms with Gasteiger partial charge in [0, 0.05) is 11.9 Å². The van der Waals surface area contributed by atoms with Crippen molar-refractivity contribution in [3.63, 3.8) is 0 Å². The largest absolute Gasteiger partial charge is 0.489 e. The lowest BCUT2D eigenvalue weighted by atomic mass is 10.1. The van der Waals surface area contributed by atoms with E-state index in [0.717, 1.165) is 25.3 Å². The van der Waals surface area contributed by atoms with Crippen LogP contribution in [0.25, 0.3) is 10.8 Å². The fourth-order valence-corrected chi connectivity index (χ4v) is 2.29. The number of nitrogens with one attached hydrogen (secondary N) is 1. The zero-order valence-electron chi connectivity index (χ0n) is 10.4. The van der Waals surface area contributed by atoms with E-state index < -0.39 is 0 Å². The van der Waals surface area contributed by atoms with Gasteiger partial charge < -0.3 is 10.1 Å². The zero-order valence-corrected chi connectivity index (χ0v) is 10.4. The monoisotopic (exact) mass is 239 g/mol. The van der Waals surface area contributed by atoms with Crippen LogP contribution in [0.1, 0.15) is 6.42 Å². The zero-order chi connectivity index (χ0) is 12.2. The molecule has 0 radical (unpaired) electrons. The molecule has 3 rings (SSSR count). The first-order chi connectivity index (χ1) is 8.93. The minimum absolute atomic E-state index is 0.704. The van der Waals surface area contributed by atoms with Crippen LogP contribution in [-0.2, 0) is 0 Å². The standard InChI is InChI=1S/C16H17NO/c1-2-6-15-14(4-1)5-3-7-16(15)18-12-13-8-10-17-11-9-13/h1-8,17H,9-12H2. The normalized spacial score (nSPS) is 15.4. The molecule has 0 fully saturated rings. The average Bonchev–Trinajstić information content (AvgIpc) is 2.46. The van der Waals surface area contributed by atoms with Crippen LogP contribution in [0.4, 0.5) is 0 Å². The van der Waals surface area contributed by atoms with Gasteiger partial charge in [-0.2, -0.15) is 0 Å². The first-order valence-electron chi connectivity index (χ1n) is 6.43. The van der Waals surface area contributed by atoms with Gasteiger partial charge in [0.1, 0.15) is 12.4 Å². The van der Waals surface area contributed by atoms with Crippen molar-refractivity contribution >= 4 is 10.8 Å². The summed E-state index contributed by atoms with van der Waals surface area (Å²) in [6.07, 6.45) is 3.32. The van der Waals surface area contributed by atoms with E-state index in [1.807, 2.05) is 6.07 Å². The summed E-state index contributed by atoms with van der Waals surface area (Å²) in [4.78, 5) is 0. The molecule has 0 saturated heterocycles. The second-order valence-corrected chi connectivity index (χ2v) is 4.58. The first kappa shape index (κ1) is 11.3. The van der Waals surface area contributed by atoms with Crippen LogP contribution in [0.2, 0.25) is 0 Å². The van der Waals surface area contributed by atoms with E-state index in [2.05, 4.69) is 47.8 Å². The Balaban J connectivity index is 1.80. The molecule has 1 aliphatic heterocycles. The van der Waals surface area contributed by atoms with E-state index in [0.29, 0.717) is 6.61 Å². The Labute approximate surface area is 107 Å². The number of hydrogen-bond donors (Lipinski definition) is 1. The lowest BCUT2D eigenvalue weighted by molar-refractivity contribution is 0.348. The molecule has 2 aromatic rings. The topological polar surface area (TPSA) is 21.3 Å². The van der Waals surface area contributed by atoms with Crippen molar-refractivity contribution in [3.8, 4) is 5.75 Å². The molecule has 1 heterocycles. The predicted molar refractivity (Wildman–Crippen MR) is 75.0 cm³/mol. The average molecular weight is 239 g/mol. The number of benzene rings is 2. The fraction of sp³-hybridized carbons (Fsp3) is 0.250. The molecule has 0 aliphatic carbocycles. The van der Waals surface area contributed by atoms with E-state index in [1.165, 1.54) is 16.3 Å². The van der Waals surface area contributed by atoms with Crippen molar-refractivity contribution < 1.29 is 4.74 Å². The molecule has 0 bridgehead atoms. The maximum absolute atomic E-state index is 5.96. The van der Waals surface area contributed by atoms with E-state index in [9.17, 15) is 0 Å². The Hall–Kier alpha value is -1.80. The van der Waals surface area contributed by atoms with Gasteiger partial charge in [0.2, 0.25) is 0 Å². The minimum Gasteiger partial charge on any atom is -0.489 e.